The second-order valence-electron chi connectivity index (χ2n) is 4.83. The van der Waals surface area contributed by atoms with E-state index in [2.05, 4.69) is 0 Å². The lowest BCUT2D eigenvalue weighted by atomic mass is 9.74. The molecule has 4 heteroatoms. The number of hydrogen-bond acceptors (Lipinski definition) is 4. The lowest BCUT2D eigenvalue weighted by Gasteiger charge is -2.36. The predicted octanol–water partition coefficient (Wildman–Crippen LogP) is 3.08. The fraction of sp³-hybridized carbons (Fsp3) is 0.643. The first-order valence-corrected chi connectivity index (χ1v) is 7.56. The average Bonchev–Trinajstić information content (AvgIpc) is 2.93. The summed E-state index contributed by atoms with van der Waals surface area (Å²) in [5.74, 6) is -0.504. The second-order valence-corrected chi connectivity index (χ2v) is 5.61. The van der Waals surface area contributed by atoms with Gasteiger partial charge in [0.1, 0.15) is 0 Å². The third kappa shape index (κ3) is 2.45. The molecule has 1 N–H and O–H groups in total. The van der Waals surface area contributed by atoms with Crippen LogP contribution in [0.25, 0.3) is 0 Å². The maximum atomic E-state index is 12.2. The Morgan fingerprint density at radius 1 is 1.50 bits per heavy atom. The van der Waals surface area contributed by atoms with Gasteiger partial charge in [-0.2, -0.15) is 11.3 Å². The zero-order chi connectivity index (χ0) is 13.0. The van der Waals surface area contributed by atoms with Gasteiger partial charge in [-0.15, -0.1) is 0 Å². The maximum Gasteiger partial charge on any atom is 0.343 e. The number of hydrogen-bond donors (Lipinski definition) is 1. The highest BCUT2D eigenvalue weighted by molar-refractivity contribution is 7.08. The van der Waals surface area contributed by atoms with Crippen LogP contribution >= 0.6 is 11.3 Å². The largest absolute Gasteiger partial charge is 0.464 e. The minimum atomic E-state index is -1.45. The number of ether oxygens (including phenoxy) is 1. The van der Waals surface area contributed by atoms with Crippen LogP contribution in [0.4, 0.5) is 0 Å². The lowest BCUT2D eigenvalue weighted by molar-refractivity contribution is -0.175. The van der Waals surface area contributed by atoms with Crippen LogP contribution in [0.15, 0.2) is 16.8 Å². The average molecular weight is 268 g/mol. The van der Waals surface area contributed by atoms with E-state index in [9.17, 15) is 9.90 Å². The molecule has 1 aromatic heterocycles. The summed E-state index contributed by atoms with van der Waals surface area (Å²) in [6.07, 6.45) is 5.14. The standard InChI is InChI=1S/C14H20O3S/c1-2-17-13(15)14(16,12-8-9-18-10-12)11-6-4-3-5-7-11/h8-11,16H,2-7H2,1H3. The van der Waals surface area contributed by atoms with Crippen molar-refractivity contribution in [1.82, 2.24) is 0 Å². The molecule has 1 heterocycles. The first kappa shape index (κ1) is 13.6. The van der Waals surface area contributed by atoms with E-state index in [-0.39, 0.29) is 5.92 Å². The van der Waals surface area contributed by atoms with Crippen LogP contribution in [0.5, 0.6) is 0 Å². The monoisotopic (exact) mass is 268 g/mol. The van der Waals surface area contributed by atoms with Gasteiger partial charge in [-0.3, -0.25) is 0 Å². The summed E-state index contributed by atoms with van der Waals surface area (Å²) in [4.78, 5) is 12.2. The highest BCUT2D eigenvalue weighted by Gasteiger charge is 2.47. The topological polar surface area (TPSA) is 46.5 Å². The number of thiophene rings is 1. The lowest BCUT2D eigenvalue weighted by Crippen LogP contribution is -2.44. The Morgan fingerprint density at radius 3 is 2.78 bits per heavy atom. The highest BCUT2D eigenvalue weighted by Crippen LogP contribution is 2.41. The summed E-state index contributed by atoms with van der Waals surface area (Å²) in [5, 5.41) is 14.7. The summed E-state index contributed by atoms with van der Waals surface area (Å²) in [7, 11) is 0. The van der Waals surface area contributed by atoms with Gasteiger partial charge in [0, 0.05) is 11.5 Å². The summed E-state index contributed by atoms with van der Waals surface area (Å²) in [5.41, 5.74) is -0.756. The number of aliphatic hydroxyl groups is 1. The van der Waals surface area contributed by atoms with Gasteiger partial charge in [0.15, 0.2) is 5.60 Å². The van der Waals surface area contributed by atoms with Crippen molar-refractivity contribution in [2.45, 2.75) is 44.6 Å². The Hall–Kier alpha value is -0.870. The van der Waals surface area contributed by atoms with Crippen LogP contribution in [-0.4, -0.2) is 17.7 Å². The maximum absolute atomic E-state index is 12.2. The minimum Gasteiger partial charge on any atom is -0.464 e. The van der Waals surface area contributed by atoms with E-state index < -0.39 is 11.6 Å². The Kier molecular flexibility index (Phi) is 4.40. The highest BCUT2D eigenvalue weighted by atomic mass is 32.1. The van der Waals surface area contributed by atoms with Crippen molar-refractivity contribution in [1.29, 1.82) is 0 Å². The van der Waals surface area contributed by atoms with Crippen molar-refractivity contribution >= 4 is 17.3 Å². The van der Waals surface area contributed by atoms with E-state index in [1.165, 1.54) is 17.8 Å². The summed E-state index contributed by atoms with van der Waals surface area (Å²) in [6.45, 7) is 2.07. The molecule has 0 bridgehead atoms. The van der Waals surface area contributed by atoms with E-state index in [1.807, 2.05) is 16.8 Å². The normalized spacial score (nSPS) is 20.3. The first-order valence-electron chi connectivity index (χ1n) is 6.61. The van der Waals surface area contributed by atoms with Crippen LogP contribution in [-0.2, 0) is 15.1 Å². The molecule has 1 unspecified atom stereocenters. The number of carbonyl (C=O) groups is 1. The Balaban J connectivity index is 2.29. The molecular formula is C14H20O3S. The third-order valence-corrected chi connectivity index (χ3v) is 4.43. The molecule has 0 amide bonds. The molecule has 18 heavy (non-hydrogen) atoms. The summed E-state index contributed by atoms with van der Waals surface area (Å²) < 4.78 is 5.10. The number of carbonyl (C=O) groups excluding carboxylic acids is 1. The molecule has 0 radical (unpaired) electrons. The molecule has 2 rings (SSSR count). The molecule has 1 aromatic rings. The number of rotatable bonds is 4. The van der Waals surface area contributed by atoms with E-state index >= 15 is 0 Å². The van der Waals surface area contributed by atoms with Gasteiger partial charge < -0.3 is 9.84 Å². The Bertz CT molecular complexity index is 382. The first-order chi connectivity index (χ1) is 8.69. The van der Waals surface area contributed by atoms with Crippen LogP contribution in [0.2, 0.25) is 0 Å². The molecule has 0 spiro atoms. The van der Waals surface area contributed by atoms with Crippen LogP contribution in [0, 0.1) is 5.92 Å². The van der Waals surface area contributed by atoms with Gasteiger partial charge in [-0.05, 0) is 36.6 Å². The van der Waals surface area contributed by atoms with Crippen molar-refractivity contribution in [2.24, 2.45) is 5.92 Å². The molecule has 0 aromatic carbocycles. The molecule has 100 valence electrons. The quantitative estimate of drug-likeness (QED) is 0.854. The van der Waals surface area contributed by atoms with Gasteiger partial charge in [0.25, 0.3) is 0 Å². The van der Waals surface area contributed by atoms with Crippen molar-refractivity contribution in [3.8, 4) is 0 Å². The molecule has 1 saturated carbocycles. The van der Waals surface area contributed by atoms with Crippen molar-refractivity contribution in [2.75, 3.05) is 6.61 Å². The van der Waals surface area contributed by atoms with Gasteiger partial charge in [0.05, 0.1) is 6.61 Å². The molecule has 0 saturated heterocycles. The third-order valence-electron chi connectivity index (χ3n) is 3.74. The molecule has 1 fully saturated rings. The van der Waals surface area contributed by atoms with Crippen molar-refractivity contribution < 1.29 is 14.6 Å². The zero-order valence-corrected chi connectivity index (χ0v) is 11.5. The van der Waals surface area contributed by atoms with Crippen LogP contribution < -0.4 is 0 Å². The fourth-order valence-electron chi connectivity index (χ4n) is 2.76. The molecular weight excluding hydrogens is 248 g/mol. The molecule has 1 atom stereocenters. The van der Waals surface area contributed by atoms with Crippen molar-refractivity contribution in [3.63, 3.8) is 0 Å². The van der Waals surface area contributed by atoms with E-state index in [0.29, 0.717) is 12.2 Å². The molecule has 0 aliphatic heterocycles. The van der Waals surface area contributed by atoms with Gasteiger partial charge >= 0.3 is 5.97 Å². The van der Waals surface area contributed by atoms with E-state index in [4.69, 9.17) is 4.74 Å². The molecule has 1 aliphatic rings. The predicted molar refractivity (Wildman–Crippen MR) is 71.4 cm³/mol. The Morgan fingerprint density at radius 2 is 2.22 bits per heavy atom. The van der Waals surface area contributed by atoms with Gasteiger partial charge in [-0.1, -0.05) is 19.3 Å². The molecule has 3 nitrogen and oxygen atoms in total. The SMILES string of the molecule is CCOC(=O)C(O)(c1ccsc1)C1CCCCC1. The summed E-state index contributed by atoms with van der Waals surface area (Å²) in [6, 6.07) is 1.83. The van der Waals surface area contributed by atoms with E-state index in [0.717, 1.165) is 25.7 Å². The summed E-state index contributed by atoms with van der Waals surface area (Å²) >= 11 is 1.50. The second kappa shape index (κ2) is 5.85. The van der Waals surface area contributed by atoms with E-state index in [1.54, 1.807) is 6.92 Å². The van der Waals surface area contributed by atoms with Gasteiger partial charge in [0.2, 0.25) is 0 Å². The minimum absolute atomic E-state index is 0.0140. The van der Waals surface area contributed by atoms with Crippen molar-refractivity contribution in [3.05, 3.63) is 22.4 Å². The Labute approximate surface area is 112 Å². The smallest absolute Gasteiger partial charge is 0.343 e. The zero-order valence-electron chi connectivity index (χ0n) is 10.7. The number of esters is 1. The van der Waals surface area contributed by atoms with Crippen LogP contribution in [0.1, 0.15) is 44.6 Å². The fourth-order valence-corrected chi connectivity index (χ4v) is 3.47. The van der Waals surface area contributed by atoms with Crippen LogP contribution in [0.3, 0.4) is 0 Å². The van der Waals surface area contributed by atoms with Gasteiger partial charge in [-0.25, -0.2) is 4.79 Å². The molecule has 1 aliphatic carbocycles.